The van der Waals surface area contributed by atoms with Crippen molar-refractivity contribution in [1.82, 2.24) is 9.88 Å². The predicted molar refractivity (Wildman–Crippen MR) is 80.5 cm³/mol. The van der Waals surface area contributed by atoms with Gasteiger partial charge in [0.2, 0.25) is 0 Å². The van der Waals surface area contributed by atoms with Crippen molar-refractivity contribution >= 4 is 17.5 Å². The van der Waals surface area contributed by atoms with Gasteiger partial charge in [-0.05, 0) is 24.3 Å². The molecule has 1 amide bonds. The molecule has 1 aliphatic rings. The molecule has 110 valence electrons. The lowest BCUT2D eigenvalue weighted by Gasteiger charge is -2.19. The molecule has 2 heterocycles. The van der Waals surface area contributed by atoms with E-state index in [1.807, 2.05) is 12.1 Å². The molecule has 0 fully saturated rings. The summed E-state index contributed by atoms with van der Waals surface area (Å²) in [4.78, 5) is 18.4. The van der Waals surface area contributed by atoms with E-state index in [9.17, 15) is 10.1 Å². The second kappa shape index (κ2) is 5.66. The minimum atomic E-state index is -0.743. The average Bonchev–Trinajstić information content (AvgIpc) is 2.83. The van der Waals surface area contributed by atoms with Crippen LogP contribution in [0.5, 0.6) is 5.75 Å². The zero-order chi connectivity index (χ0) is 15.7. The Kier molecular flexibility index (Phi) is 3.70. The molecule has 1 aromatic carbocycles. The summed E-state index contributed by atoms with van der Waals surface area (Å²) in [6, 6.07) is 10.1. The number of methoxy groups -OCH3 is 1. The normalized spacial score (nSPS) is 16.3. The second-order valence-electron chi connectivity index (χ2n) is 4.82. The number of amides is 1. The SMILES string of the molecule is COc1ccc(Cl)c2c1C(=O)N(Cc1ccccn1)C2C#N. The minimum absolute atomic E-state index is 0.242. The van der Waals surface area contributed by atoms with E-state index < -0.39 is 6.04 Å². The largest absolute Gasteiger partial charge is 0.496 e. The van der Waals surface area contributed by atoms with Crippen LogP contribution in [-0.4, -0.2) is 22.9 Å². The van der Waals surface area contributed by atoms with E-state index in [4.69, 9.17) is 16.3 Å². The molecular formula is C16H12ClN3O2. The number of nitrogens with zero attached hydrogens (tertiary/aromatic N) is 3. The predicted octanol–water partition coefficient (Wildman–Crippen LogP) is 2.96. The van der Waals surface area contributed by atoms with Gasteiger partial charge in [0.05, 0.1) is 31.0 Å². The first kappa shape index (κ1) is 14.4. The van der Waals surface area contributed by atoms with E-state index in [0.717, 1.165) is 0 Å². The number of aromatic nitrogens is 1. The van der Waals surface area contributed by atoms with Crippen LogP contribution < -0.4 is 4.74 Å². The average molecular weight is 314 g/mol. The van der Waals surface area contributed by atoms with Crippen LogP contribution in [0.3, 0.4) is 0 Å². The molecule has 1 atom stereocenters. The standard InChI is InChI=1S/C16H12ClN3O2/c1-22-13-6-5-11(17)14-12(8-18)20(16(21)15(13)14)9-10-4-2-3-7-19-10/h2-7,12H,9H2,1H3. The molecule has 3 rings (SSSR count). The summed E-state index contributed by atoms with van der Waals surface area (Å²) in [5.74, 6) is 0.153. The third-order valence-electron chi connectivity index (χ3n) is 3.61. The molecule has 6 heteroatoms. The highest BCUT2D eigenvalue weighted by Crippen LogP contribution is 2.42. The summed E-state index contributed by atoms with van der Waals surface area (Å²) in [5.41, 5.74) is 1.57. The first-order valence-electron chi connectivity index (χ1n) is 6.64. The third kappa shape index (κ3) is 2.18. The van der Waals surface area contributed by atoms with Crippen LogP contribution in [0.1, 0.15) is 27.7 Å². The number of benzene rings is 1. The van der Waals surface area contributed by atoms with Gasteiger partial charge in [0.15, 0.2) is 0 Å². The van der Waals surface area contributed by atoms with Crippen LogP contribution in [0, 0.1) is 11.3 Å². The number of carbonyl (C=O) groups is 1. The van der Waals surface area contributed by atoms with Crippen LogP contribution in [0.25, 0.3) is 0 Å². The summed E-state index contributed by atoms with van der Waals surface area (Å²) in [6.07, 6.45) is 1.65. The van der Waals surface area contributed by atoms with Gasteiger partial charge in [-0.2, -0.15) is 5.26 Å². The summed E-state index contributed by atoms with van der Waals surface area (Å²) in [7, 11) is 1.49. The zero-order valence-electron chi connectivity index (χ0n) is 11.8. The molecule has 0 radical (unpaired) electrons. The minimum Gasteiger partial charge on any atom is -0.496 e. The molecule has 22 heavy (non-hydrogen) atoms. The van der Waals surface area contributed by atoms with Gasteiger partial charge in [0.1, 0.15) is 11.8 Å². The summed E-state index contributed by atoms with van der Waals surface area (Å²) < 4.78 is 5.24. The van der Waals surface area contributed by atoms with Gasteiger partial charge in [-0.25, -0.2) is 0 Å². The van der Waals surface area contributed by atoms with E-state index in [1.165, 1.54) is 12.0 Å². The van der Waals surface area contributed by atoms with E-state index in [0.29, 0.717) is 27.6 Å². The Balaban J connectivity index is 2.07. The number of hydrogen-bond acceptors (Lipinski definition) is 4. The van der Waals surface area contributed by atoms with E-state index in [-0.39, 0.29) is 12.5 Å². The number of carbonyl (C=O) groups excluding carboxylic acids is 1. The Morgan fingerprint density at radius 3 is 2.86 bits per heavy atom. The molecule has 1 aliphatic heterocycles. The maximum Gasteiger partial charge on any atom is 0.259 e. The Bertz CT molecular complexity index is 771. The van der Waals surface area contributed by atoms with Crippen molar-refractivity contribution in [3.8, 4) is 11.8 Å². The van der Waals surface area contributed by atoms with Crippen molar-refractivity contribution in [2.24, 2.45) is 0 Å². The highest BCUT2D eigenvalue weighted by molar-refractivity contribution is 6.32. The zero-order valence-corrected chi connectivity index (χ0v) is 12.5. The Morgan fingerprint density at radius 1 is 1.41 bits per heavy atom. The van der Waals surface area contributed by atoms with Crippen molar-refractivity contribution in [3.05, 3.63) is 58.4 Å². The molecule has 1 unspecified atom stereocenters. The van der Waals surface area contributed by atoms with Crippen molar-refractivity contribution < 1.29 is 9.53 Å². The Hall–Kier alpha value is -2.58. The lowest BCUT2D eigenvalue weighted by atomic mass is 10.0. The summed E-state index contributed by atoms with van der Waals surface area (Å²) >= 11 is 6.20. The smallest absolute Gasteiger partial charge is 0.259 e. The highest BCUT2D eigenvalue weighted by Gasteiger charge is 2.41. The molecule has 0 N–H and O–H groups in total. The fourth-order valence-corrected chi connectivity index (χ4v) is 2.87. The fourth-order valence-electron chi connectivity index (χ4n) is 2.61. The van der Waals surface area contributed by atoms with Gasteiger partial charge in [-0.3, -0.25) is 9.78 Å². The first-order valence-corrected chi connectivity index (χ1v) is 7.02. The molecule has 0 bridgehead atoms. The molecular weight excluding hydrogens is 302 g/mol. The van der Waals surface area contributed by atoms with Crippen LogP contribution in [0.15, 0.2) is 36.5 Å². The van der Waals surface area contributed by atoms with Crippen molar-refractivity contribution in [1.29, 1.82) is 5.26 Å². The summed E-state index contributed by atoms with van der Waals surface area (Å²) in [5, 5.41) is 9.89. The molecule has 0 aliphatic carbocycles. The molecule has 0 spiro atoms. The van der Waals surface area contributed by atoms with Crippen LogP contribution in [0.2, 0.25) is 5.02 Å². The number of halogens is 1. The first-order chi connectivity index (χ1) is 10.7. The number of ether oxygens (including phenoxy) is 1. The quantitative estimate of drug-likeness (QED) is 0.873. The number of hydrogen-bond donors (Lipinski definition) is 0. The fraction of sp³-hybridized carbons (Fsp3) is 0.188. The lowest BCUT2D eigenvalue weighted by molar-refractivity contribution is 0.0740. The maximum atomic E-state index is 12.7. The van der Waals surface area contributed by atoms with Gasteiger partial charge in [-0.15, -0.1) is 0 Å². The number of pyridine rings is 1. The van der Waals surface area contributed by atoms with Crippen molar-refractivity contribution in [3.63, 3.8) is 0 Å². The van der Waals surface area contributed by atoms with Crippen molar-refractivity contribution in [2.75, 3.05) is 7.11 Å². The van der Waals surface area contributed by atoms with Gasteiger partial charge < -0.3 is 9.64 Å². The van der Waals surface area contributed by atoms with Gasteiger partial charge in [-0.1, -0.05) is 17.7 Å². The monoisotopic (exact) mass is 313 g/mol. The molecule has 2 aromatic rings. The van der Waals surface area contributed by atoms with Gasteiger partial charge >= 0.3 is 0 Å². The highest BCUT2D eigenvalue weighted by atomic mass is 35.5. The summed E-state index contributed by atoms with van der Waals surface area (Å²) in [6.45, 7) is 0.242. The van der Waals surface area contributed by atoms with Crippen LogP contribution in [0.4, 0.5) is 0 Å². The van der Waals surface area contributed by atoms with Crippen LogP contribution >= 0.6 is 11.6 Å². The number of rotatable bonds is 3. The second-order valence-corrected chi connectivity index (χ2v) is 5.23. The molecule has 1 aromatic heterocycles. The Morgan fingerprint density at radius 2 is 2.23 bits per heavy atom. The number of fused-ring (bicyclic) bond motifs is 1. The van der Waals surface area contributed by atoms with E-state index in [2.05, 4.69) is 11.1 Å². The number of nitriles is 1. The molecule has 5 nitrogen and oxygen atoms in total. The third-order valence-corrected chi connectivity index (χ3v) is 3.94. The Labute approximate surface area is 132 Å². The van der Waals surface area contributed by atoms with E-state index >= 15 is 0 Å². The van der Waals surface area contributed by atoms with Crippen LogP contribution in [-0.2, 0) is 6.54 Å². The van der Waals surface area contributed by atoms with Gasteiger partial charge in [0, 0.05) is 16.8 Å². The van der Waals surface area contributed by atoms with E-state index in [1.54, 1.807) is 24.4 Å². The maximum absolute atomic E-state index is 12.7. The van der Waals surface area contributed by atoms with Gasteiger partial charge in [0.25, 0.3) is 5.91 Å². The molecule has 0 saturated heterocycles. The topological polar surface area (TPSA) is 66.2 Å². The molecule has 0 saturated carbocycles. The lowest BCUT2D eigenvalue weighted by Crippen LogP contribution is -2.27. The van der Waals surface area contributed by atoms with Crippen molar-refractivity contribution in [2.45, 2.75) is 12.6 Å².